The van der Waals surface area contributed by atoms with Crippen molar-refractivity contribution in [2.45, 2.75) is 44.9 Å². The average molecular weight is 172 g/mol. The highest BCUT2D eigenvalue weighted by molar-refractivity contribution is 4.87. The van der Waals surface area contributed by atoms with Crippen LogP contribution in [0.25, 0.3) is 0 Å². The van der Waals surface area contributed by atoms with Crippen LogP contribution in [0.5, 0.6) is 0 Å². The fourth-order valence-corrected chi connectivity index (χ4v) is 1.54. The highest BCUT2D eigenvalue weighted by Gasteiger charge is 2.29. The minimum absolute atomic E-state index is 0.442. The van der Waals surface area contributed by atoms with Gasteiger partial charge in [-0.25, -0.2) is 0 Å². The van der Waals surface area contributed by atoms with Gasteiger partial charge in [-0.3, -0.25) is 0 Å². The molecule has 72 valence electrons. The maximum absolute atomic E-state index is 5.50. The first-order valence-electron chi connectivity index (χ1n) is 4.84. The first kappa shape index (κ1) is 9.96. The van der Waals surface area contributed by atoms with Gasteiger partial charge in [-0.15, -0.1) is 0 Å². The maximum Gasteiger partial charge on any atom is 0.0604 e. The molecule has 3 heteroatoms. The molecule has 0 aromatic carbocycles. The molecule has 0 radical (unpaired) electrons. The standard InChI is InChI=1S/C9H20N2O/c1-3-12-9-4-8(5-9)11-7(2)6-10/h7-9,11H,3-6,10H2,1-2H3. The van der Waals surface area contributed by atoms with Gasteiger partial charge >= 0.3 is 0 Å². The second-order valence-corrected chi connectivity index (χ2v) is 3.55. The van der Waals surface area contributed by atoms with Crippen molar-refractivity contribution in [3.8, 4) is 0 Å². The highest BCUT2D eigenvalue weighted by Crippen LogP contribution is 2.23. The number of hydrogen-bond acceptors (Lipinski definition) is 3. The molecule has 0 heterocycles. The molecule has 0 saturated heterocycles. The Morgan fingerprint density at radius 2 is 2.25 bits per heavy atom. The van der Waals surface area contributed by atoms with Gasteiger partial charge in [0, 0.05) is 25.2 Å². The molecule has 0 bridgehead atoms. The fraction of sp³-hybridized carbons (Fsp3) is 1.00. The van der Waals surface area contributed by atoms with Gasteiger partial charge in [0.15, 0.2) is 0 Å². The van der Waals surface area contributed by atoms with Gasteiger partial charge in [0.2, 0.25) is 0 Å². The monoisotopic (exact) mass is 172 g/mol. The second-order valence-electron chi connectivity index (χ2n) is 3.55. The number of rotatable bonds is 5. The van der Waals surface area contributed by atoms with Crippen LogP contribution in [0.2, 0.25) is 0 Å². The quantitative estimate of drug-likeness (QED) is 0.634. The van der Waals surface area contributed by atoms with Crippen molar-refractivity contribution in [2.75, 3.05) is 13.2 Å². The summed E-state index contributed by atoms with van der Waals surface area (Å²) in [7, 11) is 0. The van der Waals surface area contributed by atoms with E-state index >= 15 is 0 Å². The fourth-order valence-electron chi connectivity index (χ4n) is 1.54. The topological polar surface area (TPSA) is 47.3 Å². The predicted octanol–water partition coefficient (Wildman–Crippen LogP) is 0.491. The Kier molecular flexibility index (Phi) is 3.98. The molecule has 1 rings (SSSR count). The SMILES string of the molecule is CCOC1CC(NC(C)CN)C1. The zero-order chi connectivity index (χ0) is 8.97. The van der Waals surface area contributed by atoms with E-state index in [9.17, 15) is 0 Å². The van der Waals surface area contributed by atoms with Crippen LogP contribution in [-0.2, 0) is 4.74 Å². The largest absolute Gasteiger partial charge is 0.378 e. The summed E-state index contributed by atoms with van der Waals surface area (Å²) in [5.74, 6) is 0. The van der Waals surface area contributed by atoms with Gasteiger partial charge < -0.3 is 15.8 Å². The number of nitrogens with one attached hydrogen (secondary N) is 1. The molecular weight excluding hydrogens is 152 g/mol. The molecule has 0 amide bonds. The highest BCUT2D eigenvalue weighted by atomic mass is 16.5. The predicted molar refractivity (Wildman–Crippen MR) is 50.1 cm³/mol. The van der Waals surface area contributed by atoms with Crippen LogP contribution in [0.3, 0.4) is 0 Å². The summed E-state index contributed by atoms with van der Waals surface area (Å²) in [5.41, 5.74) is 5.50. The van der Waals surface area contributed by atoms with Crippen LogP contribution in [0.1, 0.15) is 26.7 Å². The Bertz CT molecular complexity index is 124. The third kappa shape index (κ3) is 2.73. The molecule has 1 unspecified atom stereocenters. The van der Waals surface area contributed by atoms with Crippen LogP contribution in [0.4, 0.5) is 0 Å². The van der Waals surface area contributed by atoms with Crippen LogP contribution in [0, 0.1) is 0 Å². The van der Waals surface area contributed by atoms with E-state index < -0.39 is 0 Å². The molecular formula is C9H20N2O. The van der Waals surface area contributed by atoms with Gasteiger partial charge in [0.1, 0.15) is 0 Å². The minimum atomic E-state index is 0.442. The first-order valence-corrected chi connectivity index (χ1v) is 4.84. The summed E-state index contributed by atoms with van der Waals surface area (Å²) in [4.78, 5) is 0. The Hall–Kier alpha value is -0.120. The third-order valence-corrected chi connectivity index (χ3v) is 2.37. The van der Waals surface area contributed by atoms with Crippen molar-refractivity contribution in [1.82, 2.24) is 5.32 Å². The van der Waals surface area contributed by atoms with Gasteiger partial charge in [-0.1, -0.05) is 0 Å². The Labute approximate surface area is 74.7 Å². The van der Waals surface area contributed by atoms with E-state index in [1.165, 1.54) is 0 Å². The molecule has 0 aromatic heterocycles. The van der Waals surface area contributed by atoms with Crippen molar-refractivity contribution in [1.29, 1.82) is 0 Å². The molecule has 1 fully saturated rings. The zero-order valence-corrected chi connectivity index (χ0v) is 8.05. The van der Waals surface area contributed by atoms with Crippen molar-refractivity contribution in [2.24, 2.45) is 5.73 Å². The van der Waals surface area contributed by atoms with Gasteiger partial charge in [-0.2, -0.15) is 0 Å². The summed E-state index contributed by atoms with van der Waals surface area (Å²) in [6, 6.07) is 1.08. The van der Waals surface area contributed by atoms with E-state index in [-0.39, 0.29) is 0 Å². The van der Waals surface area contributed by atoms with Crippen LogP contribution >= 0.6 is 0 Å². The lowest BCUT2D eigenvalue weighted by molar-refractivity contribution is -0.0117. The van der Waals surface area contributed by atoms with Gasteiger partial charge in [0.05, 0.1) is 6.10 Å². The lowest BCUT2D eigenvalue weighted by Gasteiger charge is -2.37. The summed E-state index contributed by atoms with van der Waals surface area (Å²) >= 11 is 0. The van der Waals surface area contributed by atoms with Gasteiger partial charge in [0.25, 0.3) is 0 Å². The van der Waals surface area contributed by atoms with E-state index in [0.717, 1.165) is 26.0 Å². The van der Waals surface area contributed by atoms with E-state index in [2.05, 4.69) is 12.2 Å². The lowest BCUT2D eigenvalue weighted by Crippen LogP contribution is -2.50. The summed E-state index contributed by atoms with van der Waals surface area (Å²) in [6.07, 6.45) is 2.80. The van der Waals surface area contributed by atoms with Crippen LogP contribution < -0.4 is 11.1 Å². The normalized spacial score (nSPS) is 31.2. The average Bonchev–Trinajstić information content (AvgIpc) is 2.00. The Balaban J connectivity index is 2.01. The number of hydrogen-bond donors (Lipinski definition) is 2. The molecule has 3 nitrogen and oxygen atoms in total. The molecule has 1 aliphatic carbocycles. The van der Waals surface area contributed by atoms with Crippen molar-refractivity contribution >= 4 is 0 Å². The number of nitrogens with two attached hydrogens (primary N) is 1. The molecule has 12 heavy (non-hydrogen) atoms. The summed E-state index contributed by atoms with van der Waals surface area (Å²) in [6.45, 7) is 5.72. The zero-order valence-electron chi connectivity index (χ0n) is 8.05. The van der Waals surface area contributed by atoms with E-state index in [4.69, 9.17) is 10.5 Å². The maximum atomic E-state index is 5.50. The molecule has 0 spiro atoms. The molecule has 1 aliphatic rings. The van der Waals surface area contributed by atoms with E-state index in [1.807, 2.05) is 6.92 Å². The van der Waals surface area contributed by atoms with E-state index in [0.29, 0.717) is 18.2 Å². The molecule has 1 atom stereocenters. The third-order valence-electron chi connectivity index (χ3n) is 2.37. The smallest absolute Gasteiger partial charge is 0.0604 e. The van der Waals surface area contributed by atoms with Gasteiger partial charge in [-0.05, 0) is 26.7 Å². The van der Waals surface area contributed by atoms with Crippen molar-refractivity contribution < 1.29 is 4.74 Å². The second kappa shape index (κ2) is 4.80. The summed E-state index contributed by atoms with van der Waals surface area (Å²) < 4.78 is 5.45. The molecule has 0 aromatic rings. The van der Waals surface area contributed by atoms with Crippen molar-refractivity contribution in [3.63, 3.8) is 0 Å². The molecule has 3 N–H and O–H groups in total. The van der Waals surface area contributed by atoms with Crippen molar-refractivity contribution in [3.05, 3.63) is 0 Å². The van der Waals surface area contributed by atoms with Crippen LogP contribution in [-0.4, -0.2) is 31.3 Å². The lowest BCUT2D eigenvalue weighted by atomic mass is 9.88. The Morgan fingerprint density at radius 3 is 2.75 bits per heavy atom. The summed E-state index contributed by atoms with van der Waals surface area (Å²) in [5, 5.41) is 3.45. The number of ether oxygens (including phenoxy) is 1. The van der Waals surface area contributed by atoms with E-state index in [1.54, 1.807) is 0 Å². The Morgan fingerprint density at radius 1 is 1.58 bits per heavy atom. The molecule has 0 aliphatic heterocycles. The first-order chi connectivity index (χ1) is 5.76. The molecule has 1 saturated carbocycles. The minimum Gasteiger partial charge on any atom is -0.378 e. The van der Waals surface area contributed by atoms with Crippen LogP contribution in [0.15, 0.2) is 0 Å².